The molecule has 0 aromatic heterocycles. The molecule has 0 bridgehead atoms. The van der Waals surface area contributed by atoms with Crippen LogP contribution in [0.5, 0.6) is 0 Å². The molecule has 0 amide bonds. The summed E-state index contributed by atoms with van der Waals surface area (Å²) >= 11 is 0. The van der Waals surface area contributed by atoms with Crippen LogP contribution in [-0.2, 0) is 0 Å². The molecule has 14 heavy (non-hydrogen) atoms. The minimum absolute atomic E-state index is 0.927. The lowest BCUT2D eigenvalue weighted by Crippen LogP contribution is -2.13. The summed E-state index contributed by atoms with van der Waals surface area (Å²) in [5, 5.41) is 0. The first-order chi connectivity index (χ1) is 6.56. The third-order valence-electron chi connectivity index (χ3n) is 4.36. The smallest absolute Gasteiger partial charge is 0.0360 e. The number of hydrogen-bond acceptors (Lipinski definition) is 0. The molecule has 84 valence electrons. The van der Waals surface area contributed by atoms with Gasteiger partial charge in [0.05, 0.1) is 0 Å². The van der Waals surface area contributed by atoms with E-state index < -0.39 is 0 Å². The van der Waals surface area contributed by atoms with E-state index >= 15 is 0 Å². The van der Waals surface area contributed by atoms with E-state index in [2.05, 4.69) is 34.6 Å². The molecule has 1 rings (SSSR count). The van der Waals surface area contributed by atoms with Gasteiger partial charge in [0.2, 0.25) is 0 Å². The van der Waals surface area contributed by atoms with Gasteiger partial charge in [0.25, 0.3) is 0 Å². The monoisotopic (exact) mass is 196 g/mol. The fourth-order valence-corrected chi connectivity index (χ4v) is 2.88. The normalized spacial score (nSPS) is 32.4. The molecule has 0 heterocycles. The predicted octanol–water partition coefficient (Wildman–Crippen LogP) is 4.74. The van der Waals surface area contributed by atoms with Crippen LogP contribution in [-0.4, -0.2) is 0 Å². The summed E-state index contributed by atoms with van der Waals surface area (Å²) in [6, 6.07) is 0. The van der Waals surface area contributed by atoms with Crippen LogP contribution in [0.3, 0.4) is 0 Å². The standard InChI is InChI=1S/C14H28/c1-6-7-10(2)11(3)8-12(4)14-9-13(14)5/h10-14H,6-9H2,1-5H3. The first-order valence-electron chi connectivity index (χ1n) is 6.56. The molecule has 0 radical (unpaired) electrons. The average Bonchev–Trinajstić information content (AvgIpc) is 2.83. The highest BCUT2D eigenvalue weighted by Crippen LogP contribution is 2.46. The Hall–Kier alpha value is 0. The molecule has 0 saturated heterocycles. The van der Waals surface area contributed by atoms with Gasteiger partial charge in [0.1, 0.15) is 0 Å². The van der Waals surface area contributed by atoms with Gasteiger partial charge in [-0.05, 0) is 42.4 Å². The van der Waals surface area contributed by atoms with E-state index in [1.807, 2.05) is 0 Å². The Labute approximate surface area is 90.5 Å². The van der Waals surface area contributed by atoms with Crippen molar-refractivity contribution < 1.29 is 0 Å². The summed E-state index contributed by atoms with van der Waals surface area (Å²) in [6.45, 7) is 12.0. The van der Waals surface area contributed by atoms with E-state index in [-0.39, 0.29) is 0 Å². The molecule has 1 fully saturated rings. The third kappa shape index (κ3) is 3.29. The van der Waals surface area contributed by atoms with Crippen molar-refractivity contribution in [3.05, 3.63) is 0 Å². The van der Waals surface area contributed by atoms with E-state index in [1.54, 1.807) is 0 Å². The van der Waals surface area contributed by atoms with Crippen LogP contribution >= 0.6 is 0 Å². The molecular weight excluding hydrogens is 168 g/mol. The van der Waals surface area contributed by atoms with Crippen molar-refractivity contribution in [1.82, 2.24) is 0 Å². The van der Waals surface area contributed by atoms with Crippen LogP contribution in [0, 0.1) is 29.6 Å². The summed E-state index contributed by atoms with van der Waals surface area (Å²) in [4.78, 5) is 0. The van der Waals surface area contributed by atoms with Crippen molar-refractivity contribution in [2.24, 2.45) is 29.6 Å². The summed E-state index contributed by atoms with van der Waals surface area (Å²) in [6.07, 6.45) is 5.71. The van der Waals surface area contributed by atoms with Crippen molar-refractivity contribution >= 4 is 0 Å². The maximum Gasteiger partial charge on any atom is -0.0360 e. The summed E-state index contributed by atoms with van der Waals surface area (Å²) in [5.41, 5.74) is 0. The zero-order valence-corrected chi connectivity index (χ0v) is 10.7. The van der Waals surface area contributed by atoms with Crippen molar-refractivity contribution in [2.45, 2.75) is 60.3 Å². The molecule has 0 N–H and O–H groups in total. The second kappa shape index (κ2) is 5.19. The van der Waals surface area contributed by atoms with Crippen LogP contribution in [0.25, 0.3) is 0 Å². The summed E-state index contributed by atoms with van der Waals surface area (Å²) in [5.74, 6) is 4.92. The predicted molar refractivity (Wildman–Crippen MR) is 64.3 cm³/mol. The van der Waals surface area contributed by atoms with Gasteiger partial charge < -0.3 is 0 Å². The third-order valence-corrected chi connectivity index (χ3v) is 4.36. The van der Waals surface area contributed by atoms with Gasteiger partial charge in [-0.15, -0.1) is 0 Å². The van der Waals surface area contributed by atoms with E-state index in [0.29, 0.717) is 0 Å². The summed E-state index contributed by atoms with van der Waals surface area (Å²) < 4.78 is 0. The van der Waals surface area contributed by atoms with Gasteiger partial charge in [-0.2, -0.15) is 0 Å². The topological polar surface area (TPSA) is 0 Å². The molecule has 1 aliphatic rings. The van der Waals surface area contributed by atoms with Gasteiger partial charge in [-0.3, -0.25) is 0 Å². The van der Waals surface area contributed by atoms with Gasteiger partial charge in [0, 0.05) is 0 Å². The average molecular weight is 196 g/mol. The molecule has 0 aromatic rings. The quantitative estimate of drug-likeness (QED) is 0.575. The van der Waals surface area contributed by atoms with E-state index in [1.165, 1.54) is 25.7 Å². The fourth-order valence-electron chi connectivity index (χ4n) is 2.88. The molecular formula is C14H28. The Morgan fingerprint density at radius 1 is 1.14 bits per heavy atom. The minimum atomic E-state index is 0.927. The SMILES string of the molecule is CCCC(C)C(C)CC(C)C1CC1C. The maximum atomic E-state index is 2.46. The van der Waals surface area contributed by atoms with Crippen molar-refractivity contribution in [2.75, 3.05) is 0 Å². The zero-order chi connectivity index (χ0) is 10.7. The van der Waals surface area contributed by atoms with E-state index in [4.69, 9.17) is 0 Å². The lowest BCUT2D eigenvalue weighted by molar-refractivity contribution is 0.279. The van der Waals surface area contributed by atoms with Crippen molar-refractivity contribution in [1.29, 1.82) is 0 Å². The highest BCUT2D eigenvalue weighted by Gasteiger charge is 2.37. The van der Waals surface area contributed by atoms with Crippen LogP contribution < -0.4 is 0 Å². The molecule has 1 saturated carbocycles. The molecule has 1 aliphatic carbocycles. The first kappa shape index (κ1) is 12.1. The van der Waals surface area contributed by atoms with Gasteiger partial charge >= 0.3 is 0 Å². The number of hydrogen-bond donors (Lipinski definition) is 0. The maximum absolute atomic E-state index is 2.46. The molecule has 0 aliphatic heterocycles. The van der Waals surface area contributed by atoms with Crippen LogP contribution in [0.2, 0.25) is 0 Å². The lowest BCUT2D eigenvalue weighted by Gasteiger charge is -2.23. The molecule has 0 heteroatoms. The van der Waals surface area contributed by atoms with Crippen LogP contribution in [0.15, 0.2) is 0 Å². The minimum Gasteiger partial charge on any atom is -0.0654 e. The van der Waals surface area contributed by atoms with Gasteiger partial charge in [0.15, 0.2) is 0 Å². The van der Waals surface area contributed by atoms with Crippen molar-refractivity contribution in [3.63, 3.8) is 0 Å². The number of rotatable bonds is 6. The largest absolute Gasteiger partial charge is 0.0654 e. The molecule has 0 spiro atoms. The Morgan fingerprint density at radius 3 is 2.14 bits per heavy atom. The van der Waals surface area contributed by atoms with Gasteiger partial charge in [-0.1, -0.05) is 47.5 Å². The molecule has 5 unspecified atom stereocenters. The Kier molecular flexibility index (Phi) is 4.47. The van der Waals surface area contributed by atoms with E-state index in [9.17, 15) is 0 Å². The zero-order valence-electron chi connectivity index (χ0n) is 10.7. The Balaban J connectivity index is 2.21. The van der Waals surface area contributed by atoms with E-state index in [0.717, 1.165) is 29.6 Å². The second-order valence-electron chi connectivity index (χ2n) is 5.83. The van der Waals surface area contributed by atoms with Gasteiger partial charge in [-0.25, -0.2) is 0 Å². The first-order valence-corrected chi connectivity index (χ1v) is 6.56. The second-order valence-corrected chi connectivity index (χ2v) is 5.83. The molecule has 0 nitrogen and oxygen atoms in total. The fraction of sp³-hybridized carbons (Fsp3) is 1.00. The molecule has 5 atom stereocenters. The molecule has 0 aromatic carbocycles. The highest BCUT2D eigenvalue weighted by molar-refractivity contribution is 4.87. The Bertz CT molecular complexity index is 161. The highest BCUT2D eigenvalue weighted by atomic mass is 14.4. The Morgan fingerprint density at radius 2 is 1.71 bits per heavy atom. The lowest BCUT2D eigenvalue weighted by atomic mass is 9.83. The van der Waals surface area contributed by atoms with Crippen LogP contribution in [0.1, 0.15) is 60.3 Å². The van der Waals surface area contributed by atoms with Crippen LogP contribution in [0.4, 0.5) is 0 Å². The van der Waals surface area contributed by atoms with Crippen molar-refractivity contribution in [3.8, 4) is 0 Å². The summed E-state index contributed by atoms with van der Waals surface area (Å²) in [7, 11) is 0.